The van der Waals surface area contributed by atoms with Crippen molar-refractivity contribution in [3.8, 4) is 27.8 Å². The number of aliphatic imine (C=N–C) groups is 1. The fraction of sp³-hybridized carbons (Fsp3) is 0.475. The van der Waals surface area contributed by atoms with Gasteiger partial charge < -0.3 is 28.9 Å². The lowest BCUT2D eigenvalue weighted by Crippen LogP contribution is -2.46. The Hall–Kier alpha value is -3.99. The monoisotopic (exact) mass is 695 g/mol. The van der Waals surface area contributed by atoms with Gasteiger partial charge in [0.25, 0.3) is 5.91 Å². The number of aryl methyl sites for hydroxylation is 2. The van der Waals surface area contributed by atoms with Crippen LogP contribution in [0.4, 0.5) is 5.69 Å². The van der Waals surface area contributed by atoms with E-state index in [4.69, 9.17) is 19.2 Å². The molecule has 3 aliphatic heterocycles. The lowest BCUT2D eigenvalue weighted by Gasteiger charge is -2.34. The Kier molecular flexibility index (Phi) is 11.0. The van der Waals surface area contributed by atoms with Crippen LogP contribution in [-0.2, 0) is 0 Å². The van der Waals surface area contributed by atoms with Crippen molar-refractivity contribution in [1.82, 2.24) is 19.7 Å². The number of unbranched alkanes of at least 4 members (excludes halogenated alkanes) is 2. The molecule has 3 aromatic carbocycles. The summed E-state index contributed by atoms with van der Waals surface area (Å²) < 4.78 is 19.2. The Morgan fingerprint density at radius 2 is 1.56 bits per heavy atom. The van der Waals surface area contributed by atoms with Crippen molar-refractivity contribution in [2.45, 2.75) is 58.4 Å². The number of amides is 1. The van der Waals surface area contributed by atoms with Crippen LogP contribution in [0, 0.1) is 13.8 Å². The summed E-state index contributed by atoms with van der Waals surface area (Å²) in [5.41, 5.74) is 5.75. The van der Waals surface area contributed by atoms with Crippen molar-refractivity contribution in [3.63, 3.8) is 0 Å². The molecule has 0 aliphatic carbocycles. The number of methoxy groups -OCH3 is 1. The lowest BCUT2D eigenvalue weighted by molar-refractivity contribution is 0.0774. The first-order chi connectivity index (χ1) is 24.4. The molecule has 2 saturated heterocycles. The van der Waals surface area contributed by atoms with Crippen molar-refractivity contribution in [3.05, 3.63) is 65.2 Å². The largest absolute Gasteiger partial charge is 0.493 e. The van der Waals surface area contributed by atoms with Crippen LogP contribution >= 0.6 is 11.3 Å². The van der Waals surface area contributed by atoms with Gasteiger partial charge in [-0.05, 0) is 113 Å². The third-order valence-electron chi connectivity index (χ3n) is 10.1. The topological polar surface area (TPSA) is 79.7 Å². The highest BCUT2D eigenvalue weighted by molar-refractivity contribution is 7.21. The zero-order valence-corrected chi connectivity index (χ0v) is 30.5. The number of rotatable bonds is 14. The average molecular weight is 696 g/mol. The van der Waals surface area contributed by atoms with E-state index in [1.54, 1.807) is 18.4 Å². The van der Waals surface area contributed by atoms with Gasteiger partial charge in [0.05, 0.1) is 47.8 Å². The molecule has 0 spiro atoms. The van der Waals surface area contributed by atoms with E-state index in [2.05, 4.69) is 46.0 Å². The van der Waals surface area contributed by atoms with Crippen LogP contribution in [0.15, 0.2) is 53.5 Å². The molecule has 1 aromatic heterocycles. The molecule has 264 valence electrons. The van der Waals surface area contributed by atoms with Gasteiger partial charge in [0.15, 0.2) is 11.5 Å². The van der Waals surface area contributed by atoms with E-state index in [1.807, 2.05) is 42.3 Å². The number of hydrogen-bond donors (Lipinski definition) is 0. The standard InChI is InChI=1S/C40H49N5O4S/c1-28-10-12-33-38(23-28)50-39(42-33)30-11-13-35(37(25-30)47-3)48-21-6-4-14-43-17-19-44(20-18-43)15-5-7-22-49-36-26-34-32(24-29(36)2)40(46)45-16-8-9-31(45)27-41-34/h10-13,23-27,31H,4-9,14-22H2,1-3H3/t31-/m0/s1. The van der Waals surface area contributed by atoms with Crippen molar-refractivity contribution < 1.29 is 19.0 Å². The maximum absolute atomic E-state index is 13.1. The molecule has 0 bridgehead atoms. The summed E-state index contributed by atoms with van der Waals surface area (Å²) in [5.74, 6) is 2.46. The van der Waals surface area contributed by atoms with E-state index in [1.165, 1.54) is 10.3 Å². The maximum Gasteiger partial charge on any atom is 0.256 e. The maximum atomic E-state index is 13.1. The molecule has 0 N–H and O–H groups in total. The molecule has 0 saturated carbocycles. The third-order valence-corrected chi connectivity index (χ3v) is 11.2. The molecule has 50 heavy (non-hydrogen) atoms. The van der Waals surface area contributed by atoms with E-state index in [9.17, 15) is 4.79 Å². The van der Waals surface area contributed by atoms with Crippen LogP contribution < -0.4 is 14.2 Å². The number of nitrogens with zero attached hydrogens (tertiary/aromatic N) is 5. The first-order valence-corrected chi connectivity index (χ1v) is 19.0. The molecule has 10 heteroatoms. The first kappa shape index (κ1) is 34.5. The molecule has 9 nitrogen and oxygen atoms in total. The van der Waals surface area contributed by atoms with E-state index in [0.29, 0.717) is 18.8 Å². The number of piperazine rings is 1. The number of aromatic nitrogens is 1. The highest BCUT2D eigenvalue weighted by Crippen LogP contribution is 2.37. The molecule has 2 fully saturated rings. The predicted molar refractivity (Wildman–Crippen MR) is 202 cm³/mol. The number of ether oxygens (including phenoxy) is 3. The molecular weight excluding hydrogens is 647 g/mol. The second-order valence-corrected chi connectivity index (χ2v) is 14.8. The smallest absolute Gasteiger partial charge is 0.256 e. The average Bonchev–Trinajstić information content (AvgIpc) is 3.76. The van der Waals surface area contributed by atoms with Crippen molar-refractivity contribution in [1.29, 1.82) is 0 Å². The zero-order valence-electron chi connectivity index (χ0n) is 29.7. The SMILES string of the molecule is COc1cc(-c2nc3ccc(C)cc3s2)ccc1OCCCCN1CCN(CCCCOc2cc3c(cc2C)C(=O)N2CCC[C@H]2C=N3)CC1. The van der Waals surface area contributed by atoms with Gasteiger partial charge in [0, 0.05) is 50.6 Å². The van der Waals surface area contributed by atoms with Crippen LogP contribution in [-0.4, -0.2) is 104 Å². The molecule has 0 unspecified atom stereocenters. The lowest BCUT2D eigenvalue weighted by atomic mass is 10.1. The minimum absolute atomic E-state index is 0.0964. The van der Waals surface area contributed by atoms with Gasteiger partial charge in [0.2, 0.25) is 0 Å². The molecule has 7 rings (SSSR count). The molecule has 3 aliphatic rings. The molecule has 4 aromatic rings. The molecule has 4 heterocycles. The van der Waals surface area contributed by atoms with Gasteiger partial charge in [-0.15, -0.1) is 11.3 Å². The van der Waals surface area contributed by atoms with Gasteiger partial charge in [0.1, 0.15) is 10.8 Å². The minimum atomic E-state index is 0.0964. The van der Waals surface area contributed by atoms with Crippen LogP contribution in [0.3, 0.4) is 0 Å². The van der Waals surface area contributed by atoms with E-state index < -0.39 is 0 Å². The molecule has 1 amide bonds. The van der Waals surface area contributed by atoms with Crippen molar-refractivity contribution in [2.24, 2.45) is 4.99 Å². The summed E-state index contributed by atoms with van der Waals surface area (Å²) in [6.07, 6.45) is 8.22. The Labute approximate surface area is 299 Å². The minimum Gasteiger partial charge on any atom is -0.493 e. The summed E-state index contributed by atoms with van der Waals surface area (Å²) in [6.45, 7) is 13.0. The van der Waals surface area contributed by atoms with E-state index >= 15 is 0 Å². The summed E-state index contributed by atoms with van der Waals surface area (Å²) in [5, 5.41) is 0.993. The zero-order chi connectivity index (χ0) is 34.5. The summed E-state index contributed by atoms with van der Waals surface area (Å²) in [6, 6.07) is 16.5. The van der Waals surface area contributed by atoms with Crippen LogP contribution in [0.25, 0.3) is 20.8 Å². The molecule has 1 atom stereocenters. The number of hydrogen-bond acceptors (Lipinski definition) is 9. The third kappa shape index (κ3) is 7.98. The Morgan fingerprint density at radius 3 is 2.30 bits per heavy atom. The van der Waals surface area contributed by atoms with Crippen molar-refractivity contribution >= 4 is 39.4 Å². The predicted octanol–water partition coefficient (Wildman–Crippen LogP) is 7.55. The highest BCUT2D eigenvalue weighted by Gasteiger charge is 2.32. The van der Waals surface area contributed by atoms with E-state index in [-0.39, 0.29) is 11.9 Å². The summed E-state index contributed by atoms with van der Waals surface area (Å²) in [4.78, 5) is 29.6. The Balaban J connectivity index is 0.773. The van der Waals surface area contributed by atoms with Crippen LogP contribution in [0.2, 0.25) is 0 Å². The number of fused-ring (bicyclic) bond motifs is 3. The fourth-order valence-electron chi connectivity index (χ4n) is 7.18. The second-order valence-electron chi connectivity index (χ2n) is 13.8. The second kappa shape index (κ2) is 15.9. The van der Waals surface area contributed by atoms with Crippen LogP contribution in [0.5, 0.6) is 17.2 Å². The Morgan fingerprint density at radius 1 is 0.820 bits per heavy atom. The van der Waals surface area contributed by atoms with Gasteiger partial charge in [-0.2, -0.15) is 0 Å². The van der Waals surface area contributed by atoms with Crippen LogP contribution in [0.1, 0.15) is 60.0 Å². The van der Waals surface area contributed by atoms with Crippen molar-refractivity contribution in [2.75, 3.05) is 66.1 Å². The number of carbonyl (C=O) groups excluding carboxylic acids is 1. The normalized spacial score (nSPS) is 17.9. The number of benzene rings is 3. The van der Waals surface area contributed by atoms with E-state index in [0.717, 1.165) is 129 Å². The quantitative estimate of drug-likeness (QED) is 0.126. The Bertz CT molecular complexity index is 1830. The first-order valence-electron chi connectivity index (χ1n) is 18.2. The van der Waals surface area contributed by atoms with Gasteiger partial charge in [-0.25, -0.2) is 4.98 Å². The fourth-order valence-corrected chi connectivity index (χ4v) is 8.24. The summed E-state index contributed by atoms with van der Waals surface area (Å²) >= 11 is 1.71. The number of thiazole rings is 1. The highest BCUT2D eigenvalue weighted by atomic mass is 32.1. The molecule has 0 radical (unpaired) electrons. The van der Waals surface area contributed by atoms with Gasteiger partial charge in [-0.1, -0.05) is 6.07 Å². The van der Waals surface area contributed by atoms with Gasteiger partial charge >= 0.3 is 0 Å². The van der Waals surface area contributed by atoms with Gasteiger partial charge in [-0.3, -0.25) is 9.79 Å². The molecular formula is C40H49N5O4S. The summed E-state index contributed by atoms with van der Waals surface area (Å²) in [7, 11) is 1.70. The number of carbonyl (C=O) groups is 1.